The number of hydrogen-bond acceptors (Lipinski definition) is 2. The van der Waals surface area contributed by atoms with Gasteiger partial charge in [-0.2, -0.15) is 0 Å². The molecule has 2 nitrogen and oxygen atoms in total. The van der Waals surface area contributed by atoms with E-state index in [1.165, 1.54) is 89.3 Å². The third kappa shape index (κ3) is 6.09. The summed E-state index contributed by atoms with van der Waals surface area (Å²) in [5.41, 5.74) is 26.6. The van der Waals surface area contributed by atoms with Gasteiger partial charge in [-0.3, -0.25) is 0 Å². The van der Waals surface area contributed by atoms with E-state index in [1.807, 2.05) is 0 Å². The second-order valence-electron chi connectivity index (χ2n) is 19.9. The van der Waals surface area contributed by atoms with Crippen LogP contribution in [-0.2, 0) is 10.8 Å². The Kier molecular flexibility index (Phi) is 9.50. The molecule has 0 N–H and O–H groups in total. The summed E-state index contributed by atoms with van der Waals surface area (Å²) in [6.07, 6.45) is 0. The van der Waals surface area contributed by atoms with Crippen molar-refractivity contribution >= 4 is 34.1 Å². The monoisotopic (exact) mass is 918 g/mol. The molecule has 1 aliphatic heterocycles. The lowest BCUT2D eigenvalue weighted by molar-refractivity contribution is 0.632. The van der Waals surface area contributed by atoms with E-state index in [0.29, 0.717) is 0 Å². The van der Waals surface area contributed by atoms with Gasteiger partial charge in [0.1, 0.15) is 0 Å². The van der Waals surface area contributed by atoms with Crippen LogP contribution in [0.4, 0.5) is 34.1 Å². The first-order valence-corrected chi connectivity index (χ1v) is 25.2. The van der Waals surface area contributed by atoms with Crippen LogP contribution in [0.5, 0.6) is 0 Å². The van der Waals surface area contributed by atoms with E-state index in [-0.39, 0.29) is 5.41 Å². The van der Waals surface area contributed by atoms with Crippen molar-refractivity contribution in [1.82, 2.24) is 0 Å². The molecule has 11 aromatic rings. The number of rotatable bonds is 7. The van der Waals surface area contributed by atoms with Crippen LogP contribution in [0, 0.1) is 0 Å². The highest BCUT2D eigenvalue weighted by Gasteiger charge is 2.52. The minimum absolute atomic E-state index is 0.181. The molecule has 0 fully saturated rings. The number of benzene rings is 11. The summed E-state index contributed by atoms with van der Waals surface area (Å²) in [6, 6.07) is 99.0. The molecule has 0 atom stereocenters. The summed E-state index contributed by atoms with van der Waals surface area (Å²) in [5, 5.41) is 0. The molecule has 0 amide bonds. The number of para-hydroxylation sites is 4. The van der Waals surface area contributed by atoms with Gasteiger partial charge in [-0.25, -0.2) is 0 Å². The minimum Gasteiger partial charge on any atom is -0.310 e. The average Bonchev–Trinajstić information content (AvgIpc) is 3.92. The normalized spacial score (nSPS) is 13.9. The first-order valence-electron chi connectivity index (χ1n) is 25.2. The van der Waals surface area contributed by atoms with Gasteiger partial charge in [0, 0.05) is 28.0 Å². The fourth-order valence-electron chi connectivity index (χ4n) is 12.8. The molecule has 2 heteroatoms. The Balaban J connectivity index is 0.926. The predicted molar refractivity (Wildman–Crippen MR) is 301 cm³/mol. The lowest BCUT2D eigenvalue weighted by Gasteiger charge is -2.42. The summed E-state index contributed by atoms with van der Waals surface area (Å²) in [5.74, 6) is 0. The molecule has 72 heavy (non-hydrogen) atoms. The van der Waals surface area contributed by atoms with E-state index < -0.39 is 5.41 Å². The highest BCUT2D eigenvalue weighted by atomic mass is 15.2. The molecule has 0 radical (unpaired) electrons. The number of fused-ring (bicyclic) bond motifs is 12. The maximum atomic E-state index is 2.44. The van der Waals surface area contributed by atoms with Crippen molar-refractivity contribution in [3.63, 3.8) is 0 Å². The van der Waals surface area contributed by atoms with Gasteiger partial charge < -0.3 is 9.80 Å². The molecule has 0 unspecified atom stereocenters. The molecule has 1 spiro atoms. The van der Waals surface area contributed by atoms with Crippen LogP contribution in [0.15, 0.2) is 267 Å². The Labute approximate surface area is 422 Å². The van der Waals surface area contributed by atoms with Crippen LogP contribution >= 0.6 is 0 Å². The number of anilines is 6. The fraction of sp³-hybridized carbons (Fsp3) is 0.0571. The quantitative estimate of drug-likeness (QED) is 0.157. The average molecular weight is 919 g/mol. The molecular formula is C70H50N2. The van der Waals surface area contributed by atoms with Gasteiger partial charge in [-0.1, -0.05) is 226 Å². The van der Waals surface area contributed by atoms with Gasteiger partial charge in [-0.15, -0.1) is 0 Å². The van der Waals surface area contributed by atoms with E-state index in [4.69, 9.17) is 0 Å². The van der Waals surface area contributed by atoms with Crippen LogP contribution < -0.4 is 9.80 Å². The van der Waals surface area contributed by atoms with Gasteiger partial charge in [0.2, 0.25) is 0 Å². The van der Waals surface area contributed by atoms with Crippen molar-refractivity contribution in [3.8, 4) is 55.6 Å². The Morgan fingerprint density at radius 2 is 0.778 bits per heavy atom. The van der Waals surface area contributed by atoms with Crippen LogP contribution in [-0.4, -0.2) is 0 Å². The molecule has 14 rings (SSSR count). The zero-order valence-corrected chi connectivity index (χ0v) is 40.3. The molecule has 11 aromatic carbocycles. The molecule has 0 aromatic heterocycles. The van der Waals surface area contributed by atoms with Crippen molar-refractivity contribution in [2.45, 2.75) is 24.7 Å². The summed E-state index contributed by atoms with van der Waals surface area (Å²) < 4.78 is 0. The molecule has 0 bridgehead atoms. The molecule has 3 aliphatic rings. The Bertz CT molecular complexity index is 3880. The van der Waals surface area contributed by atoms with Crippen LogP contribution in [0.3, 0.4) is 0 Å². The third-order valence-electron chi connectivity index (χ3n) is 15.9. The summed E-state index contributed by atoms with van der Waals surface area (Å²) >= 11 is 0. The molecule has 1 heterocycles. The van der Waals surface area contributed by atoms with Gasteiger partial charge in [0.15, 0.2) is 0 Å². The molecule has 2 aliphatic carbocycles. The lowest BCUT2D eigenvalue weighted by Crippen LogP contribution is -2.30. The molecule has 340 valence electrons. The van der Waals surface area contributed by atoms with Crippen molar-refractivity contribution in [2.75, 3.05) is 9.80 Å². The SMILES string of the molecule is CC1(C)c2ccccc2N(c2ccccc2)c2cc(-c3cccc(N(c4ccccc4)c4ccccc4-c4ccccc4-c4cccc5c4-c4ccccc4C54c5ccccc5-c5ccccc54)c3)ccc21. The van der Waals surface area contributed by atoms with E-state index in [9.17, 15) is 0 Å². The molecule has 0 saturated carbocycles. The van der Waals surface area contributed by atoms with E-state index in [1.54, 1.807) is 0 Å². The Morgan fingerprint density at radius 3 is 1.49 bits per heavy atom. The fourth-order valence-corrected chi connectivity index (χ4v) is 12.8. The maximum Gasteiger partial charge on any atom is 0.0725 e. The third-order valence-corrected chi connectivity index (χ3v) is 15.9. The Morgan fingerprint density at radius 1 is 0.306 bits per heavy atom. The Hall–Kier alpha value is -8.98. The zero-order chi connectivity index (χ0) is 48.0. The van der Waals surface area contributed by atoms with Gasteiger partial charge in [0.25, 0.3) is 0 Å². The number of nitrogens with zero attached hydrogens (tertiary/aromatic N) is 2. The predicted octanol–water partition coefficient (Wildman–Crippen LogP) is 18.6. The van der Waals surface area contributed by atoms with Gasteiger partial charge in [-0.05, 0) is 138 Å². The van der Waals surface area contributed by atoms with Crippen LogP contribution in [0.2, 0.25) is 0 Å². The highest BCUT2D eigenvalue weighted by Crippen LogP contribution is 2.64. The van der Waals surface area contributed by atoms with Gasteiger partial charge >= 0.3 is 0 Å². The summed E-state index contributed by atoms with van der Waals surface area (Å²) in [6.45, 7) is 4.71. The smallest absolute Gasteiger partial charge is 0.0725 e. The zero-order valence-electron chi connectivity index (χ0n) is 40.3. The van der Waals surface area contributed by atoms with Crippen molar-refractivity contribution in [3.05, 3.63) is 300 Å². The second kappa shape index (κ2) is 16.3. The summed E-state index contributed by atoms with van der Waals surface area (Å²) in [7, 11) is 0. The maximum absolute atomic E-state index is 2.44. The van der Waals surface area contributed by atoms with Crippen molar-refractivity contribution in [2.24, 2.45) is 0 Å². The molecular weight excluding hydrogens is 869 g/mol. The lowest BCUT2D eigenvalue weighted by atomic mass is 9.70. The van der Waals surface area contributed by atoms with Crippen LogP contribution in [0.25, 0.3) is 55.6 Å². The van der Waals surface area contributed by atoms with Crippen molar-refractivity contribution in [1.29, 1.82) is 0 Å². The van der Waals surface area contributed by atoms with E-state index in [2.05, 4.69) is 291 Å². The van der Waals surface area contributed by atoms with E-state index in [0.717, 1.165) is 33.9 Å². The van der Waals surface area contributed by atoms with Crippen molar-refractivity contribution < 1.29 is 0 Å². The number of hydrogen-bond donors (Lipinski definition) is 0. The standard InChI is InChI=1S/C70H50N2/c1-69(2)62-39-18-20-42-66(62)72(50-26-7-4-8-27-50)67-46-48(43-44-63(67)69)47-23-21-28-51(45-47)71(49-24-5-3-6-25-49)65-41-19-14-33-56(65)52-29-9-10-30-53(52)57-35-22-40-64-68(57)58-34-13-17-38-61(58)70(64)59-36-15-11-31-54(59)55-32-12-16-37-60(55)70/h3-46H,1-2H3. The first kappa shape index (κ1) is 41.9. The minimum atomic E-state index is -0.421. The van der Waals surface area contributed by atoms with Gasteiger partial charge in [0.05, 0.1) is 22.5 Å². The van der Waals surface area contributed by atoms with E-state index >= 15 is 0 Å². The second-order valence-corrected chi connectivity index (χ2v) is 19.9. The summed E-state index contributed by atoms with van der Waals surface area (Å²) in [4.78, 5) is 4.88. The highest BCUT2D eigenvalue weighted by molar-refractivity contribution is 6.03. The molecule has 0 saturated heterocycles. The topological polar surface area (TPSA) is 6.48 Å². The first-order chi connectivity index (χ1) is 35.5. The largest absolute Gasteiger partial charge is 0.310 e. The van der Waals surface area contributed by atoms with Crippen LogP contribution in [0.1, 0.15) is 47.2 Å².